The van der Waals surface area contributed by atoms with E-state index in [0.29, 0.717) is 25.2 Å². The zero-order valence-electron chi connectivity index (χ0n) is 18.7. The first-order valence-corrected chi connectivity index (χ1v) is 11.8. The lowest BCUT2D eigenvalue weighted by atomic mass is 10.1. The Morgan fingerprint density at radius 3 is 2.62 bits per heavy atom. The van der Waals surface area contributed by atoms with Crippen molar-refractivity contribution in [3.05, 3.63) is 75.2 Å². The Morgan fingerprint density at radius 1 is 1.06 bits per heavy atom. The Morgan fingerprint density at radius 2 is 1.88 bits per heavy atom. The largest absolute Gasteiger partial charge is 0.368 e. The van der Waals surface area contributed by atoms with Crippen molar-refractivity contribution in [1.29, 1.82) is 0 Å². The third-order valence-electron chi connectivity index (χ3n) is 6.34. The molecule has 1 aromatic carbocycles. The predicted molar refractivity (Wildman–Crippen MR) is 130 cm³/mol. The summed E-state index contributed by atoms with van der Waals surface area (Å²) in [6.45, 7) is 10.0. The molecular formula is C25H27N5OS. The molecule has 1 aliphatic rings. The second kappa shape index (κ2) is 8.39. The first-order chi connectivity index (χ1) is 15.5. The standard InChI is InChI=1S/C25H27N5OS/c1-17-6-4-8-23(19(17)3)28-9-11-29(12-10-28)25(31)21-14-18(2)27-24-22(21)15-26-30(24)16-20-7-5-13-32-20/h4-8,13-15H,9-12,16H2,1-3H3. The van der Waals surface area contributed by atoms with Crippen LogP contribution in [0.25, 0.3) is 11.0 Å². The molecule has 1 fully saturated rings. The first-order valence-electron chi connectivity index (χ1n) is 11.0. The summed E-state index contributed by atoms with van der Waals surface area (Å²) >= 11 is 1.70. The minimum atomic E-state index is 0.0665. The molecule has 0 N–H and O–H groups in total. The van der Waals surface area contributed by atoms with E-state index in [2.05, 4.69) is 53.5 Å². The van der Waals surface area contributed by atoms with Crippen LogP contribution in [-0.4, -0.2) is 51.8 Å². The third-order valence-corrected chi connectivity index (χ3v) is 7.20. The van der Waals surface area contributed by atoms with Gasteiger partial charge in [-0.25, -0.2) is 9.67 Å². The molecule has 6 nitrogen and oxygen atoms in total. The summed E-state index contributed by atoms with van der Waals surface area (Å²) in [7, 11) is 0. The van der Waals surface area contributed by atoms with Crippen molar-refractivity contribution in [2.45, 2.75) is 27.3 Å². The molecule has 32 heavy (non-hydrogen) atoms. The number of carbonyl (C=O) groups is 1. The molecule has 0 bridgehead atoms. The zero-order chi connectivity index (χ0) is 22.2. The average molecular weight is 446 g/mol. The Hall–Kier alpha value is -3.19. The summed E-state index contributed by atoms with van der Waals surface area (Å²) in [4.78, 5) is 23.8. The van der Waals surface area contributed by atoms with Gasteiger partial charge in [0.05, 0.1) is 23.7 Å². The number of thiophene rings is 1. The van der Waals surface area contributed by atoms with Crippen molar-refractivity contribution in [3.63, 3.8) is 0 Å². The van der Waals surface area contributed by atoms with E-state index in [-0.39, 0.29) is 5.91 Å². The van der Waals surface area contributed by atoms with Crippen molar-refractivity contribution in [1.82, 2.24) is 19.7 Å². The summed E-state index contributed by atoms with van der Waals surface area (Å²) in [5.41, 5.74) is 6.20. The Kier molecular flexibility index (Phi) is 5.43. The van der Waals surface area contributed by atoms with Crippen LogP contribution < -0.4 is 4.90 Å². The van der Waals surface area contributed by atoms with Gasteiger partial charge < -0.3 is 9.80 Å². The van der Waals surface area contributed by atoms with E-state index in [4.69, 9.17) is 4.98 Å². The predicted octanol–water partition coefficient (Wildman–Crippen LogP) is 4.43. The van der Waals surface area contributed by atoms with Crippen LogP contribution in [0.2, 0.25) is 0 Å². The number of carbonyl (C=O) groups excluding carboxylic acids is 1. The molecule has 4 aromatic rings. The van der Waals surface area contributed by atoms with Gasteiger partial charge in [0.2, 0.25) is 0 Å². The molecule has 1 saturated heterocycles. The maximum absolute atomic E-state index is 13.5. The number of nitrogens with zero attached hydrogens (tertiary/aromatic N) is 5. The molecule has 0 saturated carbocycles. The molecular weight excluding hydrogens is 418 g/mol. The highest BCUT2D eigenvalue weighted by Crippen LogP contribution is 2.26. The summed E-state index contributed by atoms with van der Waals surface area (Å²) in [5, 5.41) is 7.44. The second-order valence-corrected chi connectivity index (χ2v) is 9.46. The molecule has 5 rings (SSSR count). The number of benzene rings is 1. The number of hydrogen-bond acceptors (Lipinski definition) is 5. The van der Waals surface area contributed by atoms with Gasteiger partial charge in [-0.1, -0.05) is 18.2 Å². The molecule has 0 unspecified atom stereocenters. The van der Waals surface area contributed by atoms with E-state index in [1.807, 2.05) is 28.6 Å². The van der Waals surface area contributed by atoms with Gasteiger partial charge in [-0.05, 0) is 55.5 Å². The molecule has 0 spiro atoms. The van der Waals surface area contributed by atoms with Gasteiger partial charge in [-0.15, -0.1) is 11.3 Å². The van der Waals surface area contributed by atoms with Gasteiger partial charge in [0.1, 0.15) is 0 Å². The van der Waals surface area contributed by atoms with E-state index in [9.17, 15) is 4.79 Å². The molecule has 0 atom stereocenters. The Labute approximate surface area is 192 Å². The van der Waals surface area contributed by atoms with Crippen LogP contribution in [0, 0.1) is 20.8 Å². The number of hydrogen-bond donors (Lipinski definition) is 0. The minimum Gasteiger partial charge on any atom is -0.368 e. The highest BCUT2D eigenvalue weighted by Gasteiger charge is 2.25. The smallest absolute Gasteiger partial charge is 0.254 e. The highest BCUT2D eigenvalue weighted by molar-refractivity contribution is 7.09. The number of fused-ring (bicyclic) bond motifs is 1. The summed E-state index contributed by atoms with van der Waals surface area (Å²) in [6.07, 6.45) is 1.79. The van der Waals surface area contributed by atoms with E-state index in [1.165, 1.54) is 21.7 Å². The number of anilines is 1. The molecule has 7 heteroatoms. The number of rotatable bonds is 4. The normalized spacial score (nSPS) is 14.3. The second-order valence-electron chi connectivity index (χ2n) is 8.43. The fraction of sp³-hybridized carbons (Fsp3) is 0.320. The van der Waals surface area contributed by atoms with Crippen molar-refractivity contribution in [2.24, 2.45) is 0 Å². The van der Waals surface area contributed by atoms with Crippen LogP contribution in [-0.2, 0) is 6.54 Å². The molecule has 4 heterocycles. The highest BCUT2D eigenvalue weighted by atomic mass is 32.1. The maximum atomic E-state index is 13.5. The number of aromatic nitrogens is 3. The topological polar surface area (TPSA) is 54.3 Å². The van der Waals surface area contributed by atoms with Crippen molar-refractivity contribution in [2.75, 3.05) is 31.1 Å². The van der Waals surface area contributed by atoms with Gasteiger partial charge in [-0.2, -0.15) is 5.10 Å². The lowest BCUT2D eigenvalue weighted by Gasteiger charge is -2.37. The van der Waals surface area contributed by atoms with Crippen LogP contribution in [0.1, 0.15) is 32.1 Å². The summed E-state index contributed by atoms with van der Waals surface area (Å²) in [6, 6.07) is 12.5. The van der Waals surface area contributed by atoms with Gasteiger partial charge in [0.15, 0.2) is 5.65 Å². The van der Waals surface area contributed by atoms with E-state index in [0.717, 1.165) is 29.8 Å². The molecule has 0 aliphatic carbocycles. The number of amides is 1. The molecule has 0 radical (unpaired) electrons. The van der Waals surface area contributed by atoms with E-state index in [1.54, 1.807) is 17.5 Å². The minimum absolute atomic E-state index is 0.0665. The monoisotopic (exact) mass is 445 g/mol. The number of piperazine rings is 1. The maximum Gasteiger partial charge on any atom is 0.254 e. The Bertz CT molecular complexity index is 1270. The van der Waals surface area contributed by atoms with Crippen LogP contribution in [0.3, 0.4) is 0 Å². The molecule has 1 amide bonds. The van der Waals surface area contributed by atoms with Gasteiger partial charge in [0, 0.05) is 42.4 Å². The fourth-order valence-corrected chi connectivity index (χ4v) is 5.10. The van der Waals surface area contributed by atoms with Crippen LogP contribution in [0.4, 0.5) is 5.69 Å². The van der Waals surface area contributed by atoms with Crippen LogP contribution >= 0.6 is 11.3 Å². The van der Waals surface area contributed by atoms with Crippen molar-refractivity contribution in [3.8, 4) is 0 Å². The van der Waals surface area contributed by atoms with Crippen molar-refractivity contribution < 1.29 is 4.79 Å². The van der Waals surface area contributed by atoms with Gasteiger partial charge in [0.25, 0.3) is 5.91 Å². The van der Waals surface area contributed by atoms with Crippen LogP contribution in [0.5, 0.6) is 0 Å². The first kappa shape index (κ1) is 20.7. The fourth-order valence-electron chi connectivity index (χ4n) is 4.41. The van der Waals surface area contributed by atoms with Gasteiger partial charge >= 0.3 is 0 Å². The quantitative estimate of drug-likeness (QED) is 0.466. The summed E-state index contributed by atoms with van der Waals surface area (Å²) < 4.78 is 1.89. The van der Waals surface area contributed by atoms with Crippen LogP contribution in [0.15, 0.2) is 48.0 Å². The molecule has 164 valence electrons. The average Bonchev–Trinajstić information content (AvgIpc) is 3.45. The lowest BCUT2D eigenvalue weighted by Crippen LogP contribution is -2.49. The number of aryl methyl sites for hydroxylation is 2. The molecule has 1 aliphatic heterocycles. The third kappa shape index (κ3) is 3.77. The Balaban J connectivity index is 1.37. The number of pyridine rings is 1. The van der Waals surface area contributed by atoms with E-state index < -0.39 is 0 Å². The SMILES string of the molecule is Cc1cc(C(=O)N2CCN(c3cccc(C)c3C)CC2)c2cnn(Cc3cccs3)c2n1. The summed E-state index contributed by atoms with van der Waals surface area (Å²) in [5.74, 6) is 0.0665. The molecule has 3 aromatic heterocycles. The zero-order valence-corrected chi connectivity index (χ0v) is 19.5. The van der Waals surface area contributed by atoms with Crippen molar-refractivity contribution >= 4 is 34.0 Å². The lowest BCUT2D eigenvalue weighted by molar-refractivity contribution is 0.0748. The van der Waals surface area contributed by atoms with E-state index >= 15 is 0 Å². The van der Waals surface area contributed by atoms with Gasteiger partial charge in [-0.3, -0.25) is 4.79 Å².